The SMILES string of the molecule is Cc1cc(NC(=O)[C@H](C)N2CCC[C@@H]2Cn2cccn2)on1. The summed E-state index contributed by atoms with van der Waals surface area (Å²) in [5.41, 5.74) is 0.751. The van der Waals surface area contributed by atoms with Crippen molar-refractivity contribution in [2.45, 2.75) is 45.3 Å². The highest BCUT2D eigenvalue weighted by Crippen LogP contribution is 2.22. The van der Waals surface area contributed by atoms with E-state index in [2.05, 4.69) is 20.5 Å². The van der Waals surface area contributed by atoms with Crippen molar-refractivity contribution in [3.8, 4) is 0 Å². The quantitative estimate of drug-likeness (QED) is 0.909. The van der Waals surface area contributed by atoms with E-state index >= 15 is 0 Å². The monoisotopic (exact) mass is 303 g/mol. The minimum atomic E-state index is -0.214. The molecule has 0 bridgehead atoms. The smallest absolute Gasteiger partial charge is 0.243 e. The fourth-order valence-corrected chi connectivity index (χ4v) is 2.99. The van der Waals surface area contributed by atoms with Crippen LogP contribution in [0, 0.1) is 6.92 Å². The van der Waals surface area contributed by atoms with Gasteiger partial charge in [0.25, 0.3) is 0 Å². The molecular weight excluding hydrogens is 282 g/mol. The van der Waals surface area contributed by atoms with Crippen molar-refractivity contribution in [3.63, 3.8) is 0 Å². The van der Waals surface area contributed by atoms with Gasteiger partial charge in [-0.15, -0.1) is 0 Å². The molecule has 1 aliphatic rings. The first-order chi connectivity index (χ1) is 10.6. The minimum Gasteiger partial charge on any atom is -0.338 e. The topological polar surface area (TPSA) is 76.2 Å². The molecule has 0 aliphatic carbocycles. The number of aryl methyl sites for hydroxylation is 1. The molecule has 2 aromatic heterocycles. The van der Waals surface area contributed by atoms with Gasteiger partial charge < -0.3 is 4.52 Å². The summed E-state index contributed by atoms with van der Waals surface area (Å²) in [7, 11) is 0. The number of rotatable bonds is 5. The lowest BCUT2D eigenvalue weighted by molar-refractivity contribution is -0.121. The van der Waals surface area contributed by atoms with Crippen LogP contribution < -0.4 is 5.32 Å². The number of carbonyl (C=O) groups excluding carboxylic acids is 1. The summed E-state index contributed by atoms with van der Waals surface area (Å²) in [6, 6.07) is 3.75. The number of aromatic nitrogens is 3. The van der Waals surface area contributed by atoms with E-state index in [-0.39, 0.29) is 11.9 Å². The van der Waals surface area contributed by atoms with Gasteiger partial charge in [0.1, 0.15) is 0 Å². The zero-order valence-corrected chi connectivity index (χ0v) is 12.9. The summed E-state index contributed by atoms with van der Waals surface area (Å²) < 4.78 is 6.97. The molecule has 1 N–H and O–H groups in total. The summed E-state index contributed by atoms with van der Waals surface area (Å²) in [4.78, 5) is 14.6. The average Bonchev–Trinajstić information content (AvgIpc) is 3.21. The Hall–Kier alpha value is -2.15. The van der Waals surface area contributed by atoms with Crippen LogP contribution in [-0.2, 0) is 11.3 Å². The van der Waals surface area contributed by atoms with Gasteiger partial charge in [0.05, 0.1) is 18.3 Å². The summed E-state index contributed by atoms with van der Waals surface area (Å²) in [5.74, 6) is 0.334. The van der Waals surface area contributed by atoms with Crippen LogP contribution in [0.15, 0.2) is 29.0 Å². The molecule has 2 atom stereocenters. The molecule has 1 fully saturated rings. The van der Waals surface area contributed by atoms with Gasteiger partial charge in [0.15, 0.2) is 0 Å². The summed E-state index contributed by atoms with van der Waals surface area (Å²) >= 11 is 0. The molecule has 0 spiro atoms. The van der Waals surface area contributed by atoms with E-state index in [1.807, 2.05) is 30.8 Å². The van der Waals surface area contributed by atoms with Crippen LogP contribution in [0.25, 0.3) is 0 Å². The molecule has 0 radical (unpaired) electrons. The third kappa shape index (κ3) is 3.19. The summed E-state index contributed by atoms with van der Waals surface area (Å²) in [6.45, 7) is 5.49. The highest BCUT2D eigenvalue weighted by molar-refractivity contribution is 5.93. The Labute approximate surface area is 129 Å². The number of carbonyl (C=O) groups is 1. The van der Waals surface area contributed by atoms with Gasteiger partial charge in [0.2, 0.25) is 11.8 Å². The molecule has 3 rings (SSSR count). The predicted molar refractivity (Wildman–Crippen MR) is 81.3 cm³/mol. The Bertz CT molecular complexity index is 622. The van der Waals surface area contributed by atoms with Crippen LogP contribution in [0.4, 0.5) is 5.88 Å². The van der Waals surface area contributed by atoms with E-state index in [1.54, 1.807) is 12.3 Å². The molecule has 0 aromatic carbocycles. The number of nitrogens with one attached hydrogen (secondary N) is 1. The Morgan fingerprint density at radius 2 is 2.45 bits per heavy atom. The van der Waals surface area contributed by atoms with Crippen molar-refractivity contribution >= 4 is 11.8 Å². The second kappa shape index (κ2) is 6.31. The minimum absolute atomic E-state index is 0.0662. The van der Waals surface area contributed by atoms with E-state index in [4.69, 9.17) is 4.52 Å². The van der Waals surface area contributed by atoms with Gasteiger partial charge in [-0.1, -0.05) is 5.16 Å². The number of nitrogens with zero attached hydrogens (tertiary/aromatic N) is 4. The van der Waals surface area contributed by atoms with E-state index in [0.717, 1.165) is 31.6 Å². The molecule has 118 valence electrons. The van der Waals surface area contributed by atoms with Crippen molar-refractivity contribution in [2.75, 3.05) is 11.9 Å². The molecule has 1 saturated heterocycles. The highest BCUT2D eigenvalue weighted by atomic mass is 16.5. The van der Waals surface area contributed by atoms with E-state index in [0.29, 0.717) is 11.9 Å². The van der Waals surface area contributed by atoms with Gasteiger partial charge >= 0.3 is 0 Å². The maximum Gasteiger partial charge on any atom is 0.243 e. The highest BCUT2D eigenvalue weighted by Gasteiger charge is 2.32. The van der Waals surface area contributed by atoms with Gasteiger partial charge in [-0.05, 0) is 39.3 Å². The number of hydrogen-bond acceptors (Lipinski definition) is 5. The standard InChI is InChI=1S/C15H21N5O2/c1-11-9-14(22-18-11)17-15(21)12(2)20-8-3-5-13(20)10-19-7-4-6-16-19/h4,6-7,9,12-13H,3,5,8,10H2,1-2H3,(H,17,21)/t12-,13+/m0/s1. The number of amides is 1. The zero-order valence-electron chi connectivity index (χ0n) is 12.9. The first-order valence-corrected chi connectivity index (χ1v) is 7.61. The maximum atomic E-state index is 12.4. The Morgan fingerprint density at radius 1 is 1.59 bits per heavy atom. The molecule has 3 heterocycles. The van der Waals surface area contributed by atoms with E-state index < -0.39 is 0 Å². The normalized spacial score (nSPS) is 20.2. The fourth-order valence-electron chi connectivity index (χ4n) is 2.99. The molecule has 7 nitrogen and oxygen atoms in total. The van der Waals surface area contributed by atoms with Crippen LogP contribution in [0.1, 0.15) is 25.5 Å². The molecule has 2 aromatic rings. The van der Waals surface area contributed by atoms with E-state index in [9.17, 15) is 4.79 Å². The molecule has 0 saturated carbocycles. The predicted octanol–water partition coefficient (Wildman–Crippen LogP) is 1.67. The lowest BCUT2D eigenvalue weighted by Gasteiger charge is -2.29. The fraction of sp³-hybridized carbons (Fsp3) is 0.533. The van der Waals surface area contributed by atoms with Crippen LogP contribution in [-0.4, -0.2) is 44.4 Å². The number of anilines is 1. The maximum absolute atomic E-state index is 12.4. The van der Waals surface area contributed by atoms with Crippen LogP contribution in [0.5, 0.6) is 0 Å². The Morgan fingerprint density at radius 3 is 3.14 bits per heavy atom. The van der Waals surface area contributed by atoms with Crippen molar-refractivity contribution in [2.24, 2.45) is 0 Å². The van der Waals surface area contributed by atoms with E-state index in [1.165, 1.54) is 0 Å². The largest absolute Gasteiger partial charge is 0.338 e. The van der Waals surface area contributed by atoms with Crippen molar-refractivity contribution in [1.29, 1.82) is 0 Å². The van der Waals surface area contributed by atoms with Crippen molar-refractivity contribution in [1.82, 2.24) is 19.8 Å². The first-order valence-electron chi connectivity index (χ1n) is 7.61. The lowest BCUT2D eigenvalue weighted by Crippen LogP contribution is -2.46. The second-order valence-corrected chi connectivity index (χ2v) is 5.76. The molecule has 7 heteroatoms. The summed E-state index contributed by atoms with van der Waals surface area (Å²) in [5, 5.41) is 10.8. The second-order valence-electron chi connectivity index (χ2n) is 5.76. The van der Waals surface area contributed by atoms with Gasteiger partial charge in [-0.25, -0.2) is 0 Å². The Kier molecular flexibility index (Phi) is 4.24. The van der Waals surface area contributed by atoms with Crippen LogP contribution >= 0.6 is 0 Å². The van der Waals surface area contributed by atoms with Gasteiger partial charge in [0, 0.05) is 24.5 Å². The zero-order chi connectivity index (χ0) is 15.5. The molecular formula is C15H21N5O2. The molecule has 1 aliphatic heterocycles. The first kappa shape index (κ1) is 14.8. The third-order valence-corrected chi connectivity index (χ3v) is 4.13. The number of hydrogen-bond donors (Lipinski definition) is 1. The molecule has 22 heavy (non-hydrogen) atoms. The average molecular weight is 303 g/mol. The number of likely N-dealkylation sites (tertiary alicyclic amines) is 1. The Balaban J connectivity index is 1.62. The van der Waals surface area contributed by atoms with Crippen molar-refractivity contribution in [3.05, 3.63) is 30.2 Å². The van der Waals surface area contributed by atoms with Crippen LogP contribution in [0.2, 0.25) is 0 Å². The van der Waals surface area contributed by atoms with Crippen molar-refractivity contribution < 1.29 is 9.32 Å². The van der Waals surface area contributed by atoms with Gasteiger partial charge in [-0.3, -0.25) is 19.7 Å². The van der Waals surface area contributed by atoms with Gasteiger partial charge in [-0.2, -0.15) is 5.10 Å². The third-order valence-electron chi connectivity index (χ3n) is 4.13. The summed E-state index contributed by atoms with van der Waals surface area (Å²) in [6.07, 6.45) is 5.92. The van der Waals surface area contributed by atoms with Crippen LogP contribution in [0.3, 0.4) is 0 Å². The molecule has 0 unspecified atom stereocenters. The lowest BCUT2D eigenvalue weighted by atomic mass is 10.2. The molecule has 1 amide bonds.